The number of allylic oxidation sites excluding steroid dienone is 4. The van der Waals surface area contributed by atoms with E-state index in [2.05, 4.69) is 10.2 Å². The van der Waals surface area contributed by atoms with Crippen LogP contribution in [0.2, 0.25) is 0 Å². The number of ketones is 1. The first-order valence-corrected chi connectivity index (χ1v) is 6.75. The van der Waals surface area contributed by atoms with Crippen LogP contribution in [0.4, 0.5) is 0 Å². The summed E-state index contributed by atoms with van der Waals surface area (Å²) in [4.78, 5) is 12.0. The van der Waals surface area contributed by atoms with E-state index in [0.29, 0.717) is 0 Å². The highest BCUT2D eigenvalue weighted by Crippen LogP contribution is 2.29. The maximum absolute atomic E-state index is 12.0. The van der Waals surface area contributed by atoms with Gasteiger partial charge in [-0.15, -0.1) is 0 Å². The zero-order valence-corrected chi connectivity index (χ0v) is 11.8. The van der Waals surface area contributed by atoms with Crippen molar-refractivity contribution in [3.8, 4) is 6.07 Å². The van der Waals surface area contributed by atoms with Crippen molar-refractivity contribution in [2.24, 2.45) is 5.92 Å². The number of Topliss-reactive ketones (excluding diaryl/α,β-unsaturated/α-hetero) is 1. The Morgan fingerprint density at radius 3 is 2.85 bits per heavy atom. The lowest BCUT2D eigenvalue weighted by atomic mass is 9.81. The van der Waals surface area contributed by atoms with E-state index in [0.717, 1.165) is 36.1 Å². The van der Waals surface area contributed by atoms with Crippen LogP contribution in [0.1, 0.15) is 32.4 Å². The van der Waals surface area contributed by atoms with Gasteiger partial charge in [-0.2, -0.15) is 15.5 Å². The van der Waals surface area contributed by atoms with Crippen LogP contribution >= 0.6 is 0 Å². The molecule has 4 heteroatoms. The van der Waals surface area contributed by atoms with Gasteiger partial charge in [-0.25, -0.2) is 0 Å². The summed E-state index contributed by atoms with van der Waals surface area (Å²) in [5.41, 5.74) is 3.42. The van der Waals surface area contributed by atoms with E-state index in [1.54, 1.807) is 12.3 Å². The average molecular weight is 267 g/mol. The third kappa shape index (κ3) is 3.00. The molecule has 0 aromatic carbocycles. The van der Waals surface area contributed by atoms with Crippen LogP contribution in [0.15, 0.2) is 41.1 Å². The Labute approximate surface area is 118 Å². The molecule has 1 unspecified atom stereocenters. The minimum atomic E-state index is -0.184. The van der Waals surface area contributed by atoms with Gasteiger partial charge < -0.3 is 0 Å². The second-order valence-electron chi connectivity index (χ2n) is 5.03. The second kappa shape index (κ2) is 6.25. The topological polar surface area (TPSA) is 66.6 Å². The van der Waals surface area contributed by atoms with Crippen molar-refractivity contribution in [2.75, 3.05) is 0 Å². The molecule has 2 rings (SSSR count). The number of nitrogens with zero attached hydrogens (tertiary/aromatic N) is 3. The SMILES string of the molecule is CC1=C(CCCc2cccnn2)C(C)C(=O)C(C#N)=C1. The fourth-order valence-corrected chi connectivity index (χ4v) is 2.54. The maximum Gasteiger partial charge on any atom is 0.180 e. The molecule has 1 aromatic heterocycles. The summed E-state index contributed by atoms with van der Waals surface area (Å²) in [5.74, 6) is -0.246. The van der Waals surface area contributed by atoms with Crippen LogP contribution in [-0.2, 0) is 11.2 Å². The Bertz CT molecular complexity index is 608. The van der Waals surface area contributed by atoms with Crippen LogP contribution < -0.4 is 0 Å². The second-order valence-corrected chi connectivity index (χ2v) is 5.03. The summed E-state index contributed by atoms with van der Waals surface area (Å²) in [6, 6.07) is 5.81. The lowest BCUT2D eigenvalue weighted by Crippen LogP contribution is -2.20. The molecule has 1 heterocycles. The number of rotatable bonds is 4. The van der Waals surface area contributed by atoms with Gasteiger partial charge in [0.1, 0.15) is 6.07 Å². The molecule has 4 nitrogen and oxygen atoms in total. The van der Waals surface area contributed by atoms with Crippen molar-refractivity contribution in [3.63, 3.8) is 0 Å². The summed E-state index contributed by atoms with van der Waals surface area (Å²) < 4.78 is 0. The molecular formula is C16H17N3O. The highest BCUT2D eigenvalue weighted by atomic mass is 16.1. The summed E-state index contributed by atoms with van der Waals surface area (Å²) >= 11 is 0. The van der Waals surface area contributed by atoms with Gasteiger partial charge in [-0.3, -0.25) is 4.79 Å². The Hall–Kier alpha value is -2.28. The smallest absolute Gasteiger partial charge is 0.180 e. The first-order chi connectivity index (χ1) is 9.63. The van der Waals surface area contributed by atoms with E-state index in [9.17, 15) is 4.79 Å². The van der Waals surface area contributed by atoms with Gasteiger partial charge in [-0.05, 0) is 50.0 Å². The number of hydrogen-bond acceptors (Lipinski definition) is 4. The normalized spacial score (nSPS) is 18.8. The minimum Gasteiger partial charge on any atom is -0.293 e. The Morgan fingerprint density at radius 1 is 1.40 bits per heavy atom. The Morgan fingerprint density at radius 2 is 2.20 bits per heavy atom. The fraction of sp³-hybridized carbons (Fsp3) is 0.375. The van der Waals surface area contributed by atoms with Gasteiger partial charge in [-0.1, -0.05) is 12.5 Å². The van der Waals surface area contributed by atoms with Crippen LogP contribution in [-0.4, -0.2) is 16.0 Å². The number of hydrogen-bond donors (Lipinski definition) is 0. The lowest BCUT2D eigenvalue weighted by molar-refractivity contribution is -0.117. The van der Waals surface area contributed by atoms with Gasteiger partial charge in [0, 0.05) is 12.1 Å². The zero-order chi connectivity index (χ0) is 14.5. The summed E-state index contributed by atoms with van der Waals surface area (Å²) in [5, 5.41) is 16.8. The van der Waals surface area contributed by atoms with Gasteiger partial charge >= 0.3 is 0 Å². The highest BCUT2D eigenvalue weighted by molar-refractivity contribution is 6.03. The maximum atomic E-state index is 12.0. The van der Waals surface area contributed by atoms with Crippen molar-refractivity contribution in [1.29, 1.82) is 5.26 Å². The largest absolute Gasteiger partial charge is 0.293 e. The van der Waals surface area contributed by atoms with Crippen molar-refractivity contribution in [2.45, 2.75) is 33.1 Å². The summed E-state index contributed by atoms with van der Waals surface area (Å²) in [7, 11) is 0. The van der Waals surface area contributed by atoms with E-state index in [1.807, 2.05) is 32.0 Å². The van der Waals surface area contributed by atoms with E-state index >= 15 is 0 Å². The molecule has 0 N–H and O–H groups in total. The molecule has 1 aromatic rings. The molecule has 1 atom stereocenters. The van der Waals surface area contributed by atoms with E-state index in [1.165, 1.54) is 0 Å². The molecule has 0 fully saturated rings. The van der Waals surface area contributed by atoms with Crippen LogP contribution in [0.5, 0.6) is 0 Å². The van der Waals surface area contributed by atoms with Gasteiger partial charge in [0.25, 0.3) is 0 Å². The summed E-state index contributed by atoms with van der Waals surface area (Å²) in [6.07, 6.45) is 6.00. The van der Waals surface area contributed by atoms with Crippen LogP contribution in [0.3, 0.4) is 0 Å². The lowest BCUT2D eigenvalue weighted by Gasteiger charge is -2.21. The first-order valence-electron chi connectivity index (χ1n) is 6.75. The molecule has 20 heavy (non-hydrogen) atoms. The van der Waals surface area contributed by atoms with Crippen molar-refractivity contribution in [3.05, 3.63) is 46.8 Å². The molecule has 0 radical (unpaired) electrons. The van der Waals surface area contributed by atoms with Crippen molar-refractivity contribution >= 4 is 5.78 Å². The molecule has 0 amide bonds. The molecule has 1 aliphatic carbocycles. The van der Waals surface area contributed by atoms with Crippen molar-refractivity contribution in [1.82, 2.24) is 10.2 Å². The minimum absolute atomic E-state index is 0.0624. The molecule has 0 bridgehead atoms. The average Bonchev–Trinajstić information content (AvgIpc) is 2.47. The van der Waals surface area contributed by atoms with E-state index in [4.69, 9.17) is 5.26 Å². The molecule has 0 spiro atoms. The standard InChI is InChI=1S/C16H17N3O/c1-11-9-13(10-17)16(20)12(2)15(11)7-3-5-14-6-4-8-18-19-14/h4,6,8-9,12H,3,5,7H2,1-2H3. The van der Waals surface area contributed by atoms with Crippen LogP contribution in [0.25, 0.3) is 0 Å². The monoisotopic (exact) mass is 267 g/mol. The predicted molar refractivity (Wildman–Crippen MR) is 75.5 cm³/mol. The van der Waals surface area contributed by atoms with Gasteiger partial charge in [0.15, 0.2) is 5.78 Å². The quantitative estimate of drug-likeness (QED) is 0.841. The Kier molecular flexibility index (Phi) is 4.41. The van der Waals surface area contributed by atoms with E-state index < -0.39 is 0 Å². The van der Waals surface area contributed by atoms with Gasteiger partial charge in [0.05, 0.1) is 11.3 Å². The number of carbonyl (C=O) groups is 1. The summed E-state index contributed by atoms with van der Waals surface area (Å²) in [6.45, 7) is 3.85. The van der Waals surface area contributed by atoms with Gasteiger partial charge in [0.2, 0.25) is 0 Å². The number of aryl methyl sites for hydroxylation is 1. The molecular weight excluding hydrogens is 250 g/mol. The zero-order valence-electron chi connectivity index (χ0n) is 11.8. The molecule has 0 saturated carbocycles. The third-order valence-electron chi connectivity index (χ3n) is 3.68. The Balaban J connectivity index is 2.04. The number of nitriles is 1. The predicted octanol–water partition coefficient (Wildman–Crippen LogP) is 2.78. The molecule has 102 valence electrons. The van der Waals surface area contributed by atoms with E-state index in [-0.39, 0.29) is 17.3 Å². The molecule has 0 aliphatic heterocycles. The molecule has 1 aliphatic rings. The molecule has 0 saturated heterocycles. The van der Waals surface area contributed by atoms with Crippen LogP contribution in [0, 0.1) is 17.2 Å². The highest BCUT2D eigenvalue weighted by Gasteiger charge is 2.26. The number of carbonyl (C=O) groups excluding carboxylic acids is 1. The first kappa shape index (κ1) is 14.1. The third-order valence-corrected chi connectivity index (χ3v) is 3.68. The fourth-order valence-electron chi connectivity index (χ4n) is 2.54. The number of aromatic nitrogens is 2. The van der Waals surface area contributed by atoms with Crippen molar-refractivity contribution < 1.29 is 4.79 Å².